The summed E-state index contributed by atoms with van der Waals surface area (Å²) in [4.78, 5) is 18.1. The molecule has 0 aromatic carbocycles. The number of likely N-dealkylation sites (tertiary alicyclic amines) is 1. The number of guanidine groups is 1. The molecule has 1 aliphatic carbocycles. The Hall–Kier alpha value is -0.570. The van der Waals surface area contributed by atoms with Gasteiger partial charge in [0.1, 0.15) is 0 Å². The van der Waals surface area contributed by atoms with Gasteiger partial charge in [0.2, 0.25) is 5.91 Å². The summed E-state index contributed by atoms with van der Waals surface area (Å²) in [7, 11) is 3.54. The lowest BCUT2D eigenvalue weighted by molar-refractivity contribution is -0.121. The van der Waals surface area contributed by atoms with Gasteiger partial charge >= 0.3 is 0 Å². The van der Waals surface area contributed by atoms with E-state index in [2.05, 4.69) is 20.5 Å². The number of halogens is 1. The van der Waals surface area contributed by atoms with Crippen LogP contribution < -0.4 is 10.6 Å². The van der Waals surface area contributed by atoms with Gasteiger partial charge in [-0.15, -0.1) is 24.0 Å². The maximum absolute atomic E-state index is 11.5. The van der Waals surface area contributed by atoms with Crippen LogP contribution in [0.3, 0.4) is 0 Å². The van der Waals surface area contributed by atoms with E-state index in [9.17, 15) is 4.79 Å². The molecule has 6 nitrogen and oxygen atoms in total. The van der Waals surface area contributed by atoms with Gasteiger partial charge in [-0.3, -0.25) is 9.79 Å². The Kier molecular flexibility index (Phi) is 10.6. The molecular weight excluding hydrogens is 419 g/mol. The van der Waals surface area contributed by atoms with Gasteiger partial charge in [-0.1, -0.05) is 0 Å². The second kappa shape index (κ2) is 11.9. The molecule has 0 aromatic rings. The number of aliphatic imine (C=N–C) groups is 1. The van der Waals surface area contributed by atoms with Crippen molar-refractivity contribution in [2.24, 2.45) is 16.8 Å². The zero-order valence-corrected chi connectivity index (χ0v) is 17.4. The Morgan fingerprint density at radius 2 is 1.92 bits per heavy atom. The van der Waals surface area contributed by atoms with Crippen LogP contribution in [-0.2, 0) is 9.53 Å². The minimum absolute atomic E-state index is 0. The summed E-state index contributed by atoms with van der Waals surface area (Å²) in [5, 5.41) is 6.14. The number of rotatable bonds is 8. The molecule has 1 saturated carbocycles. The molecule has 2 aliphatic rings. The first kappa shape index (κ1) is 21.5. The number of piperidine rings is 1. The molecule has 0 atom stereocenters. The lowest BCUT2D eigenvalue weighted by Crippen LogP contribution is -2.46. The van der Waals surface area contributed by atoms with E-state index < -0.39 is 0 Å². The number of hydrogen-bond acceptors (Lipinski definition) is 3. The van der Waals surface area contributed by atoms with Crippen LogP contribution in [0.5, 0.6) is 0 Å². The third-order valence-corrected chi connectivity index (χ3v) is 4.68. The summed E-state index contributed by atoms with van der Waals surface area (Å²) < 4.78 is 5.65. The fourth-order valence-electron chi connectivity index (χ4n) is 2.95. The third-order valence-electron chi connectivity index (χ3n) is 4.68. The maximum Gasteiger partial charge on any atom is 0.220 e. The Morgan fingerprint density at radius 3 is 2.50 bits per heavy atom. The summed E-state index contributed by atoms with van der Waals surface area (Å²) in [6, 6.07) is 0. The predicted octanol–water partition coefficient (Wildman–Crippen LogP) is 1.84. The Morgan fingerprint density at radius 1 is 1.21 bits per heavy atom. The molecule has 2 rings (SSSR count). The summed E-state index contributed by atoms with van der Waals surface area (Å²) >= 11 is 0. The SMILES string of the molecule is CN=C(NCCCOCC1CC1)N1CCC(CC(=O)NC)CC1.I. The van der Waals surface area contributed by atoms with Crippen LogP contribution in [0.1, 0.15) is 38.5 Å². The molecule has 0 bridgehead atoms. The molecule has 2 fully saturated rings. The van der Waals surface area contributed by atoms with E-state index in [-0.39, 0.29) is 29.9 Å². The molecule has 0 radical (unpaired) electrons. The third kappa shape index (κ3) is 8.00. The molecular formula is C17H33IN4O2. The normalized spacial score (nSPS) is 18.9. The average molecular weight is 452 g/mol. The van der Waals surface area contributed by atoms with Crippen molar-refractivity contribution in [2.45, 2.75) is 38.5 Å². The van der Waals surface area contributed by atoms with Crippen LogP contribution >= 0.6 is 24.0 Å². The lowest BCUT2D eigenvalue weighted by atomic mass is 9.93. The molecule has 7 heteroatoms. The highest BCUT2D eigenvalue weighted by molar-refractivity contribution is 14.0. The molecule has 0 aromatic heterocycles. The number of carbonyl (C=O) groups is 1. The maximum atomic E-state index is 11.5. The van der Waals surface area contributed by atoms with Crippen LogP contribution in [-0.4, -0.2) is 63.7 Å². The monoisotopic (exact) mass is 452 g/mol. The molecule has 0 unspecified atom stereocenters. The highest BCUT2D eigenvalue weighted by atomic mass is 127. The fraction of sp³-hybridized carbons (Fsp3) is 0.882. The number of hydrogen-bond donors (Lipinski definition) is 2. The predicted molar refractivity (Wildman–Crippen MR) is 108 cm³/mol. The zero-order valence-electron chi connectivity index (χ0n) is 15.1. The van der Waals surface area contributed by atoms with E-state index in [0.717, 1.165) is 64.0 Å². The van der Waals surface area contributed by atoms with Crippen molar-refractivity contribution in [3.05, 3.63) is 0 Å². The van der Waals surface area contributed by atoms with E-state index in [1.165, 1.54) is 12.8 Å². The number of carbonyl (C=O) groups excluding carboxylic acids is 1. The topological polar surface area (TPSA) is 66.0 Å². The van der Waals surface area contributed by atoms with Crippen molar-refractivity contribution in [2.75, 3.05) is 46.9 Å². The van der Waals surface area contributed by atoms with Gasteiger partial charge in [-0.2, -0.15) is 0 Å². The van der Waals surface area contributed by atoms with E-state index >= 15 is 0 Å². The Balaban J connectivity index is 0.00000288. The molecule has 1 saturated heterocycles. The number of nitrogens with zero attached hydrogens (tertiary/aromatic N) is 2. The van der Waals surface area contributed by atoms with Gasteiger partial charge in [-0.05, 0) is 43.9 Å². The van der Waals surface area contributed by atoms with Crippen molar-refractivity contribution in [1.29, 1.82) is 0 Å². The van der Waals surface area contributed by atoms with Gasteiger partial charge in [-0.25, -0.2) is 0 Å². The molecule has 1 amide bonds. The van der Waals surface area contributed by atoms with Gasteiger partial charge in [0, 0.05) is 53.4 Å². The number of nitrogens with one attached hydrogen (secondary N) is 2. The number of ether oxygens (including phenoxy) is 1. The van der Waals surface area contributed by atoms with Crippen LogP contribution in [0, 0.1) is 11.8 Å². The first-order valence-corrected chi connectivity index (χ1v) is 8.96. The minimum Gasteiger partial charge on any atom is -0.381 e. The molecule has 140 valence electrons. The van der Waals surface area contributed by atoms with Gasteiger partial charge in [0.25, 0.3) is 0 Å². The van der Waals surface area contributed by atoms with Crippen molar-refractivity contribution in [1.82, 2.24) is 15.5 Å². The van der Waals surface area contributed by atoms with Crippen LogP contribution in [0.15, 0.2) is 4.99 Å². The Bertz CT molecular complexity index is 394. The summed E-state index contributed by atoms with van der Waals surface area (Å²) in [5.41, 5.74) is 0. The molecule has 2 N–H and O–H groups in total. The van der Waals surface area contributed by atoms with Gasteiger partial charge in [0.05, 0.1) is 0 Å². The van der Waals surface area contributed by atoms with E-state index in [1.807, 2.05) is 7.05 Å². The van der Waals surface area contributed by atoms with Gasteiger partial charge in [0.15, 0.2) is 5.96 Å². The zero-order chi connectivity index (χ0) is 16.5. The van der Waals surface area contributed by atoms with Crippen LogP contribution in [0.25, 0.3) is 0 Å². The van der Waals surface area contributed by atoms with Crippen molar-refractivity contribution in [3.63, 3.8) is 0 Å². The molecule has 1 aliphatic heterocycles. The van der Waals surface area contributed by atoms with E-state index in [4.69, 9.17) is 4.74 Å². The van der Waals surface area contributed by atoms with E-state index in [1.54, 1.807) is 7.05 Å². The average Bonchev–Trinajstić information content (AvgIpc) is 3.39. The first-order chi connectivity index (χ1) is 11.2. The first-order valence-electron chi connectivity index (χ1n) is 8.96. The summed E-state index contributed by atoms with van der Waals surface area (Å²) in [6.45, 7) is 4.61. The van der Waals surface area contributed by atoms with E-state index in [0.29, 0.717) is 12.3 Å². The van der Waals surface area contributed by atoms with Crippen LogP contribution in [0.2, 0.25) is 0 Å². The fourth-order valence-corrected chi connectivity index (χ4v) is 2.95. The van der Waals surface area contributed by atoms with Crippen LogP contribution in [0.4, 0.5) is 0 Å². The second-order valence-corrected chi connectivity index (χ2v) is 6.65. The molecule has 1 heterocycles. The highest BCUT2D eigenvalue weighted by Gasteiger charge is 2.23. The summed E-state index contributed by atoms with van der Waals surface area (Å²) in [6.07, 6.45) is 6.46. The molecule has 24 heavy (non-hydrogen) atoms. The van der Waals surface area contributed by atoms with Crippen molar-refractivity contribution in [3.8, 4) is 0 Å². The quantitative estimate of drug-likeness (QED) is 0.255. The smallest absolute Gasteiger partial charge is 0.220 e. The second-order valence-electron chi connectivity index (χ2n) is 6.65. The Labute approximate surface area is 163 Å². The highest BCUT2D eigenvalue weighted by Crippen LogP contribution is 2.28. The molecule has 0 spiro atoms. The van der Waals surface area contributed by atoms with Gasteiger partial charge < -0.3 is 20.3 Å². The van der Waals surface area contributed by atoms with Crippen molar-refractivity contribution < 1.29 is 9.53 Å². The summed E-state index contributed by atoms with van der Waals surface area (Å²) in [5.74, 6) is 2.47. The largest absolute Gasteiger partial charge is 0.381 e. The number of amides is 1. The minimum atomic E-state index is 0. The standard InChI is InChI=1S/C17H32N4O2.HI/c1-18-16(22)12-14-6-9-21(10-7-14)17(19-2)20-8-3-11-23-13-15-4-5-15;/h14-15H,3-13H2,1-2H3,(H,18,22)(H,19,20);1H. The lowest BCUT2D eigenvalue weighted by Gasteiger charge is -2.34. The van der Waals surface area contributed by atoms with Crippen molar-refractivity contribution >= 4 is 35.8 Å².